The highest BCUT2D eigenvalue weighted by atomic mass is 16.2. The van der Waals surface area contributed by atoms with E-state index in [0.29, 0.717) is 13.0 Å². The van der Waals surface area contributed by atoms with Gasteiger partial charge in [0.15, 0.2) is 0 Å². The van der Waals surface area contributed by atoms with Crippen LogP contribution in [-0.4, -0.2) is 22.8 Å². The molecule has 25 heavy (non-hydrogen) atoms. The van der Waals surface area contributed by atoms with Crippen molar-refractivity contribution < 1.29 is 9.59 Å². The van der Waals surface area contributed by atoms with E-state index in [-0.39, 0.29) is 17.9 Å². The summed E-state index contributed by atoms with van der Waals surface area (Å²) >= 11 is 0. The van der Waals surface area contributed by atoms with Gasteiger partial charge in [0, 0.05) is 12.6 Å². The van der Waals surface area contributed by atoms with Crippen LogP contribution in [0.15, 0.2) is 48.5 Å². The Kier molecular flexibility index (Phi) is 4.88. The van der Waals surface area contributed by atoms with Gasteiger partial charge >= 0.3 is 0 Å². The highest BCUT2D eigenvalue weighted by Crippen LogP contribution is 2.32. The van der Waals surface area contributed by atoms with Gasteiger partial charge in [0.05, 0.1) is 6.42 Å². The van der Waals surface area contributed by atoms with Gasteiger partial charge in [-0.2, -0.15) is 0 Å². The number of amides is 2. The quantitative estimate of drug-likeness (QED) is 0.932. The van der Waals surface area contributed by atoms with Crippen LogP contribution in [0, 0.1) is 6.92 Å². The molecule has 1 aliphatic heterocycles. The first-order valence-corrected chi connectivity index (χ1v) is 8.70. The fourth-order valence-electron chi connectivity index (χ4n) is 3.45. The van der Waals surface area contributed by atoms with Gasteiger partial charge in [0.25, 0.3) is 0 Å². The molecule has 0 saturated heterocycles. The fraction of sp³-hybridized carbons (Fsp3) is 0.333. The van der Waals surface area contributed by atoms with Gasteiger partial charge in [-0.1, -0.05) is 48.5 Å². The zero-order valence-corrected chi connectivity index (χ0v) is 15.0. The van der Waals surface area contributed by atoms with Crippen molar-refractivity contribution in [2.24, 2.45) is 0 Å². The molecular weight excluding hydrogens is 312 g/mol. The topological polar surface area (TPSA) is 49.4 Å². The summed E-state index contributed by atoms with van der Waals surface area (Å²) in [5, 5.41) is 3.02. The van der Waals surface area contributed by atoms with Gasteiger partial charge in [-0.15, -0.1) is 0 Å². The molecule has 130 valence electrons. The van der Waals surface area contributed by atoms with Crippen LogP contribution in [-0.2, 0) is 22.6 Å². The molecule has 0 aromatic heterocycles. The third kappa shape index (κ3) is 3.43. The molecule has 1 N–H and O–H groups in total. The van der Waals surface area contributed by atoms with Crippen molar-refractivity contribution in [2.75, 3.05) is 0 Å². The molecule has 0 fully saturated rings. The minimum absolute atomic E-state index is 0.00439. The van der Waals surface area contributed by atoms with E-state index < -0.39 is 6.04 Å². The van der Waals surface area contributed by atoms with E-state index in [1.54, 1.807) is 4.90 Å². The first kappa shape index (κ1) is 17.2. The van der Waals surface area contributed by atoms with Gasteiger partial charge in [-0.25, -0.2) is 0 Å². The Morgan fingerprint density at radius 3 is 2.56 bits per heavy atom. The third-order valence-electron chi connectivity index (χ3n) is 4.78. The van der Waals surface area contributed by atoms with Crippen molar-refractivity contribution in [1.29, 1.82) is 0 Å². The Morgan fingerprint density at radius 2 is 1.84 bits per heavy atom. The maximum atomic E-state index is 13.0. The molecule has 2 amide bonds. The zero-order valence-electron chi connectivity index (χ0n) is 15.0. The highest BCUT2D eigenvalue weighted by Gasteiger charge is 2.38. The Bertz CT molecular complexity index is 798. The average molecular weight is 336 g/mol. The van der Waals surface area contributed by atoms with E-state index >= 15 is 0 Å². The molecule has 1 aliphatic rings. The Hall–Kier alpha value is -2.62. The summed E-state index contributed by atoms with van der Waals surface area (Å²) in [7, 11) is 0. The zero-order chi connectivity index (χ0) is 18.0. The summed E-state index contributed by atoms with van der Waals surface area (Å²) in [6.45, 7) is 6.40. The smallest absolute Gasteiger partial charge is 0.247 e. The molecule has 1 unspecified atom stereocenters. The molecule has 4 nitrogen and oxygen atoms in total. The van der Waals surface area contributed by atoms with E-state index in [1.807, 2.05) is 69.3 Å². The molecule has 3 rings (SSSR count). The fourth-order valence-corrected chi connectivity index (χ4v) is 3.45. The Morgan fingerprint density at radius 1 is 1.16 bits per heavy atom. The van der Waals surface area contributed by atoms with E-state index in [9.17, 15) is 9.59 Å². The Labute approximate surface area is 148 Å². The van der Waals surface area contributed by atoms with Crippen LogP contribution in [0.25, 0.3) is 0 Å². The molecule has 0 saturated carbocycles. The molecule has 1 heterocycles. The highest BCUT2D eigenvalue weighted by molar-refractivity contribution is 5.92. The van der Waals surface area contributed by atoms with E-state index in [0.717, 1.165) is 22.3 Å². The van der Waals surface area contributed by atoms with Crippen molar-refractivity contribution in [3.8, 4) is 0 Å². The summed E-state index contributed by atoms with van der Waals surface area (Å²) in [6.07, 6.45) is 0.357. The number of carbonyl (C=O) groups excluding carboxylic acids is 2. The maximum absolute atomic E-state index is 13.0. The molecule has 4 heteroatoms. The van der Waals surface area contributed by atoms with Crippen LogP contribution in [0.2, 0.25) is 0 Å². The van der Waals surface area contributed by atoms with Gasteiger partial charge in [-0.05, 0) is 43.0 Å². The third-order valence-corrected chi connectivity index (χ3v) is 4.78. The van der Waals surface area contributed by atoms with Gasteiger partial charge < -0.3 is 10.2 Å². The van der Waals surface area contributed by atoms with Crippen molar-refractivity contribution in [2.45, 2.75) is 45.8 Å². The molecule has 0 bridgehead atoms. The summed E-state index contributed by atoms with van der Waals surface area (Å²) in [5.74, 6) is -0.123. The maximum Gasteiger partial charge on any atom is 0.247 e. The number of nitrogens with one attached hydrogen (secondary N) is 1. The largest absolute Gasteiger partial charge is 0.350 e. The lowest BCUT2D eigenvalue weighted by Crippen LogP contribution is -2.50. The Balaban J connectivity index is 1.88. The van der Waals surface area contributed by atoms with E-state index in [1.165, 1.54) is 0 Å². The standard InChI is InChI=1S/C21H24N2O2/c1-14(2)23-19(24)12-16-9-6-7-11-18(16)20(23)21(25)22-13-17-10-5-4-8-15(17)3/h4-11,14,20H,12-13H2,1-3H3,(H,22,25). The number of aryl methyl sites for hydroxylation is 1. The number of rotatable bonds is 4. The lowest BCUT2D eigenvalue weighted by atomic mass is 9.90. The van der Waals surface area contributed by atoms with Crippen LogP contribution >= 0.6 is 0 Å². The minimum Gasteiger partial charge on any atom is -0.350 e. The molecule has 2 aromatic rings. The first-order chi connectivity index (χ1) is 12.0. The van der Waals surface area contributed by atoms with Crippen LogP contribution in [0.5, 0.6) is 0 Å². The number of benzene rings is 2. The lowest BCUT2D eigenvalue weighted by Gasteiger charge is -2.39. The minimum atomic E-state index is -0.568. The second-order valence-corrected chi connectivity index (χ2v) is 6.82. The second-order valence-electron chi connectivity index (χ2n) is 6.82. The van der Waals surface area contributed by atoms with Crippen molar-refractivity contribution in [3.05, 3.63) is 70.8 Å². The van der Waals surface area contributed by atoms with Gasteiger partial charge in [0.1, 0.15) is 6.04 Å². The SMILES string of the molecule is Cc1ccccc1CNC(=O)C1c2ccccc2CC(=O)N1C(C)C. The van der Waals surface area contributed by atoms with Crippen molar-refractivity contribution in [1.82, 2.24) is 10.2 Å². The van der Waals surface area contributed by atoms with Crippen LogP contribution in [0.3, 0.4) is 0 Å². The van der Waals surface area contributed by atoms with E-state index in [4.69, 9.17) is 0 Å². The van der Waals surface area contributed by atoms with E-state index in [2.05, 4.69) is 5.32 Å². The normalized spacial score (nSPS) is 16.7. The summed E-state index contributed by atoms with van der Waals surface area (Å²) in [6, 6.07) is 15.1. The van der Waals surface area contributed by atoms with Crippen LogP contribution in [0.1, 0.15) is 42.1 Å². The monoisotopic (exact) mass is 336 g/mol. The molecular formula is C21H24N2O2. The number of hydrogen-bond acceptors (Lipinski definition) is 2. The van der Waals surface area contributed by atoms with Gasteiger partial charge in [0.2, 0.25) is 11.8 Å². The average Bonchev–Trinajstić information content (AvgIpc) is 2.59. The molecule has 0 spiro atoms. The summed E-state index contributed by atoms with van der Waals surface area (Å²) < 4.78 is 0. The molecule has 0 aliphatic carbocycles. The predicted molar refractivity (Wildman–Crippen MR) is 97.9 cm³/mol. The predicted octanol–water partition coefficient (Wildman–Crippen LogP) is 3.15. The summed E-state index contributed by atoms with van der Waals surface area (Å²) in [4.78, 5) is 27.3. The van der Waals surface area contributed by atoms with Crippen LogP contribution < -0.4 is 5.32 Å². The summed E-state index contributed by atoms with van der Waals surface area (Å²) in [5.41, 5.74) is 4.10. The second kappa shape index (κ2) is 7.09. The molecule has 0 radical (unpaired) electrons. The lowest BCUT2D eigenvalue weighted by molar-refractivity contribution is -0.143. The number of carbonyl (C=O) groups is 2. The van der Waals surface area contributed by atoms with Crippen molar-refractivity contribution in [3.63, 3.8) is 0 Å². The van der Waals surface area contributed by atoms with Gasteiger partial charge in [-0.3, -0.25) is 9.59 Å². The number of nitrogens with zero attached hydrogens (tertiary/aromatic N) is 1. The molecule has 1 atom stereocenters. The van der Waals surface area contributed by atoms with Crippen molar-refractivity contribution >= 4 is 11.8 Å². The number of fused-ring (bicyclic) bond motifs is 1. The van der Waals surface area contributed by atoms with Crippen LogP contribution in [0.4, 0.5) is 0 Å². The first-order valence-electron chi connectivity index (χ1n) is 8.70. The number of hydrogen-bond donors (Lipinski definition) is 1. The molecule has 2 aromatic carbocycles.